The van der Waals surface area contributed by atoms with Crippen LogP contribution in [0, 0.1) is 11.8 Å². The van der Waals surface area contributed by atoms with E-state index in [1.54, 1.807) is 6.92 Å². The smallest absolute Gasteiger partial charge is 0.407 e. The minimum absolute atomic E-state index is 0.0510. The van der Waals surface area contributed by atoms with Gasteiger partial charge in [0.05, 0.1) is 12.5 Å². The van der Waals surface area contributed by atoms with Gasteiger partial charge in [-0.3, -0.25) is 4.79 Å². The summed E-state index contributed by atoms with van der Waals surface area (Å²) in [5.41, 5.74) is -0.492. The summed E-state index contributed by atoms with van der Waals surface area (Å²) in [5, 5.41) is 2.66. The van der Waals surface area contributed by atoms with Crippen LogP contribution in [0.15, 0.2) is 0 Å². The van der Waals surface area contributed by atoms with Gasteiger partial charge in [-0.2, -0.15) is 0 Å². The number of rotatable bonds is 4. The van der Waals surface area contributed by atoms with Crippen molar-refractivity contribution >= 4 is 12.1 Å². The Balaban J connectivity index is 2.17. The van der Waals surface area contributed by atoms with Crippen molar-refractivity contribution in [2.24, 2.45) is 11.8 Å². The van der Waals surface area contributed by atoms with E-state index in [0.29, 0.717) is 13.2 Å². The molecule has 0 aliphatic heterocycles. The molecule has 0 spiro atoms. The Kier molecular flexibility index (Phi) is 4.37. The molecule has 1 saturated carbocycles. The Morgan fingerprint density at radius 1 is 1.35 bits per heavy atom. The quantitative estimate of drug-likeness (QED) is 0.763. The fourth-order valence-electron chi connectivity index (χ4n) is 1.54. The number of carbonyl (C=O) groups excluding carboxylic acids is 2. The van der Waals surface area contributed by atoms with Gasteiger partial charge in [-0.15, -0.1) is 0 Å². The molecular formula is C12H21NO4. The van der Waals surface area contributed by atoms with Gasteiger partial charge in [-0.05, 0) is 40.0 Å². The molecule has 1 aliphatic carbocycles. The average molecular weight is 243 g/mol. The van der Waals surface area contributed by atoms with Crippen molar-refractivity contribution in [3.63, 3.8) is 0 Å². The molecular weight excluding hydrogens is 222 g/mol. The van der Waals surface area contributed by atoms with Crippen LogP contribution in [0.2, 0.25) is 0 Å². The van der Waals surface area contributed by atoms with E-state index < -0.39 is 11.7 Å². The normalized spacial score (nSPS) is 22.8. The maximum Gasteiger partial charge on any atom is 0.407 e. The van der Waals surface area contributed by atoms with Crippen LogP contribution in [0.25, 0.3) is 0 Å². The number of nitrogens with one attached hydrogen (secondary N) is 1. The number of carbonyl (C=O) groups is 2. The first-order valence-electron chi connectivity index (χ1n) is 5.97. The molecule has 0 radical (unpaired) electrons. The van der Waals surface area contributed by atoms with Gasteiger partial charge in [-0.25, -0.2) is 4.79 Å². The van der Waals surface area contributed by atoms with Gasteiger partial charge in [0.1, 0.15) is 5.60 Å². The molecule has 0 bridgehead atoms. The highest BCUT2D eigenvalue weighted by atomic mass is 16.6. The molecule has 2 unspecified atom stereocenters. The van der Waals surface area contributed by atoms with Gasteiger partial charge < -0.3 is 14.8 Å². The summed E-state index contributed by atoms with van der Waals surface area (Å²) in [4.78, 5) is 22.7. The van der Waals surface area contributed by atoms with Gasteiger partial charge in [0.15, 0.2) is 0 Å². The SMILES string of the molecule is CCOC(=O)C1CC1CNC(=O)OC(C)(C)C. The van der Waals surface area contributed by atoms with E-state index in [2.05, 4.69) is 5.32 Å². The molecule has 1 fully saturated rings. The van der Waals surface area contributed by atoms with E-state index >= 15 is 0 Å². The Morgan fingerprint density at radius 3 is 2.53 bits per heavy atom. The highest BCUT2D eigenvalue weighted by Crippen LogP contribution is 2.38. The molecule has 1 N–H and O–H groups in total. The molecule has 5 nitrogen and oxygen atoms in total. The third-order valence-corrected chi connectivity index (χ3v) is 2.42. The molecule has 5 heteroatoms. The third-order valence-electron chi connectivity index (χ3n) is 2.42. The molecule has 17 heavy (non-hydrogen) atoms. The molecule has 1 rings (SSSR count). The number of alkyl carbamates (subject to hydrolysis) is 1. The van der Waals surface area contributed by atoms with Crippen molar-refractivity contribution in [3.05, 3.63) is 0 Å². The Labute approximate surface area is 102 Å². The Morgan fingerprint density at radius 2 is 2.00 bits per heavy atom. The second-order valence-electron chi connectivity index (χ2n) is 5.24. The fourth-order valence-corrected chi connectivity index (χ4v) is 1.54. The summed E-state index contributed by atoms with van der Waals surface area (Å²) >= 11 is 0. The average Bonchev–Trinajstić information content (AvgIpc) is 2.91. The summed E-state index contributed by atoms with van der Waals surface area (Å²) in [6.07, 6.45) is 0.348. The van der Waals surface area contributed by atoms with Gasteiger partial charge >= 0.3 is 12.1 Å². The fraction of sp³-hybridized carbons (Fsp3) is 0.833. The second kappa shape index (κ2) is 5.38. The first kappa shape index (κ1) is 13.8. The van der Waals surface area contributed by atoms with Crippen LogP contribution in [0.4, 0.5) is 4.79 Å². The summed E-state index contributed by atoms with van der Waals surface area (Å²) < 4.78 is 9.99. The molecule has 1 amide bonds. The van der Waals surface area contributed by atoms with E-state index in [1.165, 1.54) is 0 Å². The molecule has 0 saturated heterocycles. The van der Waals surface area contributed by atoms with Crippen molar-refractivity contribution in [3.8, 4) is 0 Å². The summed E-state index contributed by atoms with van der Waals surface area (Å²) in [5.74, 6) is -0.0186. The number of amides is 1. The predicted octanol–water partition coefficient (Wildman–Crippen LogP) is 1.71. The van der Waals surface area contributed by atoms with Crippen LogP contribution >= 0.6 is 0 Å². The van der Waals surface area contributed by atoms with Crippen LogP contribution in [-0.4, -0.2) is 30.8 Å². The monoisotopic (exact) mass is 243 g/mol. The predicted molar refractivity (Wildman–Crippen MR) is 62.5 cm³/mol. The highest BCUT2D eigenvalue weighted by Gasteiger charge is 2.44. The van der Waals surface area contributed by atoms with E-state index in [1.807, 2.05) is 20.8 Å². The molecule has 1 aliphatic rings. The molecule has 0 aromatic rings. The summed E-state index contributed by atoms with van der Waals surface area (Å²) in [6, 6.07) is 0. The number of hydrogen-bond donors (Lipinski definition) is 1. The van der Waals surface area contributed by atoms with Crippen LogP contribution in [-0.2, 0) is 14.3 Å². The third kappa shape index (κ3) is 5.06. The lowest BCUT2D eigenvalue weighted by atomic mass is 10.2. The van der Waals surface area contributed by atoms with Crippen molar-refractivity contribution in [1.82, 2.24) is 5.32 Å². The number of hydrogen-bond acceptors (Lipinski definition) is 4. The number of esters is 1. The van der Waals surface area contributed by atoms with Gasteiger partial charge in [0.2, 0.25) is 0 Å². The van der Waals surface area contributed by atoms with Crippen LogP contribution in [0.3, 0.4) is 0 Å². The van der Waals surface area contributed by atoms with E-state index in [0.717, 1.165) is 6.42 Å². The van der Waals surface area contributed by atoms with E-state index in [4.69, 9.17) is 9.47 Å². The molecule has 0 heterocycles. The lowest BCUT2D eigenvalue weighted by Crippen LogP contribution is -2.33. The standard InChI is InChI=1S/C12H21NO4/c1-5-16-10(14)9-6-8(9)7-13-11(15)17-12(2,3)4/h8-9H,5-7H2,1-4H3,(H,13,15). The van der Waals surface area contributed by atoms with E-state index in [9.17, 15) is 9.59 Å². The summed E-state index contributed by atoms with van der Waals surface area (Å²) in [6.45, 7) is 8.09. The Bertz CT molecular complexity index is 295. The maximum absolute atomic E-state index is 11.3. The van der Waals surface area contributed by atoms with Gasteiger partial charge in [0, 0.05) is 6.54 Å². The van der Waals surface area contributed by atoms with Gasteiger partial charge in [-0.1, -0.05) is 0 Å². The topological polar surface area (TPSA) is 64.6 Å². The molecule has 0 aromatic carbocycles. The van der Waals surface area contributed by atoms with Crippen molar-refractivity contribution < 1.29 is 19.1 Å². The largest absolute Gasteiger partial charge is 0.466 e. The zero-order valence-electron chi connectivity index (χ0n) is 10.9. The second-order valence-corrected chi connectivity index (χ2v) is 5.24. The first-order chi connectivity index (χ1) is 7.83. The molecule has 98 valence electrons. The molecule has 2 atom stereocenters. The maximum atomic E-state index is 11.3. The van der Waals surface area contributed by atoms with Crippen LogP contribution in [0.1, 0.15) is 34.1 Å². The van der Waals surface area contributed by atoms with Gasteiger partial charge in [0.25, 0.3) is 0 Å². The van der Waals surface area contributed by atoms with Crippen molar-refractivity contribution in [2.45, 2.75) is 39.7 Å². The number of ether oxygens (including phenoxy) is 2. The van der Waals surface area contributed by atoms with Crippen LogP contribution in [0.5, 0.6) is 0 Å². The zero-order chi connectivity index (χ0) is 13.1. The van der Waals surface area contributed by atoms with Crippen molar-refractivity contribution in [2.75, 3.05) is 13.2 Å². The summed E-state index contributed by atoms with van der Waals surface area (Å²) in [7, 11) is 0. The van der Waals surface area contributed by atoms with E-state index in [-0.39, 0.29) is 17.8 Å². The molecule has 0 aromatic heterocycles. The first-order valence-corrected chi connectivity index (χ1v) is 5.97. The lowest BCUT2D eigenvalue weighted by molar-refractivity contribution is -0.145. The van der Waals surface area contributed by atoms with Crippen molar-refractivity contribution in [1.29, 1.82) is 0 Å². The van der Waals surface area contributed by atoms with Crippen LogP contribution < -0.4 is 5.32 Å². The highest BCUT2D eigenvalue weighted by molar-refractivity contribution is 5.76. The minimum Gasteiger partial charge on any atom is -0.466 e. The zero-order valence-corrected chi connectivity index (χ0v) is 10.9. The lowest BCUT2D eigenvalue weighted by Gasteiger charge is -2.19. The minimum atomic E-state index is -0.492. The Hall–Kier alpha value is -1.26.